The Hall–Kier alpha value is 0.1000. The molecule has 2 heterocycles. The Morgan fingerprint density at radius 1 is 1.53 bits per heavy atom. The van der Waals surface area contributed by atoms with Crippen molar-refractivity contribution in [2.45, 2.75) is 51.2 Å². The Labute approximate surface area is 116 Å². The molecule has 2 N–H and O–H groups in total. The van der Waals surface area contributed by atoms with E-state index in [9.17, 15) is 0 Å². The van der Waals surface area contributed by atoms with E-state index < -0.39 is 0 Å². The molecule has 2 nitrogen and oxygen atoms in total. The van der Waals surface area contributed by atoms with Gasteiger partial charge in [-0.3, -0.25) is 0 Å². The molecule has 96 valence electrons. The Kier molecular flexibility index (Phi) is 5.48. The van der Waals surface area contributed by atoms with Crippen LogP contribution < -0.4 is 10.6 Å². The summed E-state index contributed by atoms with van der Waals surface area (Å²) < 4.78 is 1.22. The van der Waals surface area contributed by atoms with Gasteiger partial charge < -0.3 is 10.6 Å². The summed E-state index contributed by atoms with van der Waals surface area (Å²) in [4.78, 5) is 1.40. The first-order valence-corrected chi connectivity index (χ1v) is 8.06. The Morgan fingerprint density at radius 2 is 2.41 bits per heavy atom. The van der Waals surface area contributed by atoms with Gasteiger partial charge in [0.1, 0.15) is 0 Å². The standard InChI is InChI=1S/C13H21BrN2S/c1-10(8-11-4-2-3-7-15-11)16-9-12-5-6-13(14)17-12/h5-6,10-11,15-16H,2-4,7-9H2,1H3. The van der Waals surface area contributed by atoms with Crippen molar-refractivity contribution >= 4 is 27.3 Å². The second-order valence-corrected chi connectivity index (χ2v) is 7.42. The van der Waals surface area contributed by atoms with E-state index >= 15 is 0 Å². The maximum Gasteiger partial charge on any atom is 0.0701 e. The van der Waals surface area contributed by atoms with Crippen molar-refractivity contribution in [3.05, 3.63) is 20.8 Å². The highest BCUT2D eigenvalue weighted by Gasteiger charge is 2.15. The lowest BCUT2D eigenvalue weighted by molar-refractivity contribution is 0.345. The minimum absolute atomic E-state index is 0.589. The van der Waals surface area contributed by atoms with E-state index in [2.05, 4.69) is 45.6 Å². The van der Waals surface area contributed by atoms with Crippen LogP contribution in [0.3, 0.4) is 0 Å². The minimum Gasteiger partial charge on any atom is -0.314 e. The maximum atomic E-state index is 3.61. The summed E-state index contributed by atoms with van der Waals surface area (Å²) in [6.45, 7) is 4.48. The lowest BCUT2D eigenvalue weighted by Gasteiger charge is -2.26. The summed E-state index contributed by atoms with van der Waals surface area (Å²) in [6, 6.07) is 5.62. The molecule has 0 amide bonds. The highest BCUT2D eigenvalue weighted by Crippen LogP contribution is 2.22. The number of halogens is 1. The van der Waals surface area contributed by atoms with Gasteiger partial charge in [0, 0.05) is 23.5 Å². The van der Waals surface area contributed by atoms with Crippen LogP contribution >= 0.6 is 27.3 Å². The predicted molar refractivity (Wildman–Crippen MR) is 78.6 cm³/mol. The van der Waals surface area contributed by atoms with Crippen LogP contribution in [0.2, 0.25) is 0 Å². The summed E-state index contributed by atoms with van der Waals surface area (Å²) in [5.41, 5.74) is 0. The van der Waals surface area contributed by atoms with Gasteiger partial charge in [0.25, 0.3) is 0 Å². The fourth-order valence-electron chi connectivity index (χ4n) is 2.36. The van der Waals surface area contributed by atoms with Crippen LogP contribution in [0, 0.1) is 0 Å². The lowest BCUT2D eigenvalue weighted by Crippen LogP contribution is -2.39. The van der Waals surface area contributed by atoms with Crippen molar-refractivity contribution in [3.63, 3.8) is 0 Å². The molecule has 1 fully saturated rings. The van der Waals surface area contributed by atoms with Gasteiger partial charge in [-0.05, 0) is 60.8 Å². The summed E-state index contributed by atoms with van der Waals surface area (Å²) >= 11 is 5.31. The van der Waals surface area contributed by atoms with Crippen LogP contribution in [-0.4, -0.2) is 18.6 Å². The molecule has 0 aromatic carbocycles. The number of hydrogen-bond donors (Lipinski definition) is 2. The minimum atomic E-state index is 0.589. The van der Waals surface area contributed by atoms with Gasteiger partial charge in [-0.1, -0.05) is 6.42 Å². The number of hydrogen-bond acceptors (Lipinski definition) is 3. The molecule has 17 heavy (non-hydrogen) atoms. The quantitative estimate of drug-likeness (QED) is 0.868. The summed E-state index contributed by atoms with van der Waals surface area (Å²) in [5, 5.41) is 7.22. The largest absolute Gasteiger partial charge is 0.314 e. The van der Waals surface area contributed by atoms with Crippen LogP contribution in [0.25, 0.3) is 0 Å². The first kappa shape index (κ1) is 13.5. The molecule has 1 aromatic heterocycles. The van der Waals surface area contributed by atoms with Gasteiger partial charge >= 0.3 is 0 Å². The molecule has 2 unspecified atom stereocenters. The second-order valence-electron chi connectivity index (χ2n) is 4.87. The first-order chi connectivity index (χ1) is 8.24. The molecule has 1 aromatic rings. The van der Waals surface area contributed by atoms with Gasteiger partial charge in [0.2, 0.25) is 0 Å². The molecule has 2 atom stereocenters. The Bertz CT molecular complexity index is 334. The van der Waals surface area contributed by atoms with Gasteiger partial charge in [0.05, 0.1) is 3.79 Å². The highest BCUT2D eigenvalue weighted by molar-refractivity contribution is 9.11. The lowest BCUT2D eigenvalue weighted by atomic mass is 9.99. The van der Waals surface area contributed by atoms with Crippen molar-refractivity contribution in [1.29, 1.82) is 0 Å². The number of thiophene rings is 1. The van der Waals surface area contributed by atoms with Crippen molar-refractivity contribution in [3.8, 4) is 0 Å². The number of nitrogens with one attached hydrogen (secondary N) is 2. The summed E-state index contributed by atoms with van der Waals surface area (Å²) in [6.07, 6.45) is 5.33. The molecule has 0 saturated carbocycles. The molecular weight excluding hydrogens is 296 g/mol. The van der Waals surface area contributed by atoms with E-state index in [4.69, 9.17) is 0 Å². The average molecular weight is 317 g/mol. The van der Waals surface area contributed by atoms with Crippen molar-refractivity contribution in [2.24, 2.45) is 0 Å². The van der Waals surface area contributed by atoms with Crippen molar-refractivity contribution in [2.75, 3.05) is 6.54 Å². The fraction of sp³-hybridized carbons (Fsp3) is 0.692. The van der Waals surface area contributed by atoms with E-state index in [0.717, 1.165) is 12.6 Å². The second kappa shape index (κ2) is 6.88. The molecule has 2 rings (SSSR count). The normalized spacial score (nSPS) is 22.6. The topological polar surface area (TPSA) is 24.1 Å². The van der Waals surface area contributed by atoms with E-state index in [-0.39, 0.29) is 0 Å². The fourth-order valence-corrected chi connectivity index (χ4v) is 3.79. The van der Waals surface area contributed by atoms with E-state index in [1.54, 1.807) is 0 Å². The molecular formula is C13H21BrN2S. The third kappa shape index (κ3) is 4.70. The molecule has 0 spiro atoms. The van der Waals surface area contributed by atoms with Gasteiger partial charge in [0.15, 0.2) is 0 Å². The van der Waals surface area contributed by atoms with Crippen LogP contribution in [0.1, 0.15) is 37.5 Å². The monoisotopic (exact) mass is 316 g/mol. The predicted octanol–water partition coefficient (Wildman–Crippen LogP) is 3.52. The van der Waals surface area contributed by atoms with E-state index in [1.165, 1.54) is 40.9 Å². The molecule has 0 aliphatic carbocycles. The van der Waals surface area contributed by atoms with Crippen LogP contribution in [-0.2, 0) is 6.54 Å². The van der Waals surface area contributed by atoms with Crippen LogP contribution in [0.4, 0.5) is 0 Å². The number of piperidine rings is 1. The zero-order valence-corrected chi connectivity index (χ0v) is 12.7. The molecule has 1 aliphatic heterocycles. The maximum absolute atomic E-state index is 3.61. The third-order valence-electron chi connectivity index (χ3n) is 3.30. The van der Waals surface area contributed by atoms with Gasteiger partial charge in [-0.15, -0.1) is 11.3 Å². The van der Waals surface area contributed by atoms with E-state index in [1.807, 2.05) is 11.3 Å². The van der Waals surface area contributed by atoms with Crippen LogP contribution in [0.15, 0.2) is 15.9 Å². The Morgan fingerprint density at radius 3 is 3.06 bits per heavy atom. The van der Waals surface area contributed by atoms with Crippen molar-refractivity contribution in [1.82, 2.24) is 10.6 Å². The first-order valence-electron chi connectivity index (χ1n) is 6.45. The smallest absolute Gasteiger partial charge is 0.0701 e. The summed E-state index contributed by atoms with van der Waals surface area (Å²) in [7, 11) is 0. The SMILES string of the molecule is CC(CC1CCCCN1)NCc1ccc(Br)s1. The number of rotatable bonds is 5. The van der Waals surface area contributed by atoms with Crippen LogP contribution in [0.5, 0.6) is 0 Å². The molecule has 1 saturated heterocycles. The third-order valence-corrected chi connectivity index (χ3v) is 4.93. The van der Waals surface area contributed by atoms with Gasteiger partial charge in [-0.25, -0.2) is 0 Å². The van der Waals surface area contributed by atoms with E-state index in [0.29, 0.717) is 6.04 Å². The van der Waals surface area contributed by atoms with Gasteiger partial charge in [-0.2, -0.15) is 0 Å². The molecule has 0 bridgehead atoms. The average Bonchev–Trinajstić information content (AvgIpc) is 2.74. The Balaban J connectivity index is 1.68. The molecule has 4 heteroatoms. The van der Waals surface area contributed by atoms with Crippen molar-refractivity contribution < 1.29 is 0 Å². The molecule has 1 aliphatic rings. The zero-order valence-electron chi connectivity index (χ0n) is 10.3. The summed E-state index contributed by atoms with van der Waals surface area (Å²) in [5.74, 6) is 0. The highest BCUT2D eigenvalue weighted by atomic mass is 79.9. The molecule has 0 radical (unpaired) electrons. The zero-order chi connectivity index (χ0) is 12.1.